The Bertz CT molecular complexity index is 3100. The second-order valence-corrected chi connectivity index (χ2v) is 17.3. The highest BCUT2D eigenvalue weighted by atomic mass is 16.5. The molecule has 0 saturated carbocycles. The van der Waals surface area contributed by atoms with Crippen LogP contribution in [-0.4, -0.2) is 146 Å². The van der Waals surface area contributed by atoms with Crippen molar-refractivity contribution in [1.82, 2.24) is 19.1 Å². The minimum absolute atomic E-state index is 0.000224. The van der Waals surface area contributed by atoms with E-state index in [9.17, 15) is 64.5 Å². The fourth-order valence-electron chi connectivity index (χ4n) is 7.38. The van der Waals surface area contributed by atoms with E-state index in [1.165, 1.54) is 20.1 Å². The molecule has 2 aromatic heterocycles. The molecule has 22 nitrogen and oxygen atoms in total. The zero-order valence-electron chi connectivity index (χ0n) is 40.2. The molecule has 0 spiro atoms. The first-order valence-electron chi connectivity index (χ1n) is 22.4. The van der Waals surface area contributed by atoms with E-state index < -0.39 is 115 Å². The van der Waals surface area contributed by atoms with Crippen LogP contribution in [0.4, 0.5) is 11.4 Å². The van der Waals surface area contributed by atoms with Crippen LogP contribution in [0.1, 0.15) is 67.2 Å². The van der Waals surface area contributed by atoms with E-state index in [2.05, 4.69) is 25.3 Å². The third-order valence-corrected chi connectivity index (χ3v) is 12.0. The molecular formula is C50H58N6O16. The summed E-state index contributed by atoms with van der Waals surface area (Å²) in [4.78, 5) is 84.2. The summed E-state index contributed by atoms with van der Waals surface area (Å²) in [6.45, 7) is 6.29. The van der Waals surface area contributed by atoms with Gasteiger partial charge in [0.15, 0.2) is 11.4 Å². The minimum Gasteiger partial charge on any atom is -0.481 e. The lowest BCUT2D eigenvalue weighted by Crippen LogP contribution is -2.44. The number of rotatable bonds is 18. The van der Waals surface area contributed by atoms with Gasteiger partial charge in [-0.2, -0.15) is 0 Å². The molecule has 1 unspecified atom stereocenters. The molecule has 0 saturated heterocycles. The van der Waals surface area contributed by atoms with Crippen LogP contribution < -0.4 is 21.8 Å². The van der Waals surface area contributed by atoms with Gasteiger partial charge < -0.3 is 70.5 Å². The van der Waals surface area contributed by atoms with Gasteiger partial charge in [0, 0.05) is 11.4 Å². The summed E-state index contributed by atoms with van der Waals surface area (Å²) in [5.74, 6) is -3.95. The third-order valence-electron chi connectivity index (χ3n) is 12.0. The van der Waals surface area contributed by atoms with Crippen molar-refractivity contribution >= 4 is 57.2 Å². The first kappa shape index (κ1) is 55.6. The number of carboxylic acid groups (broad SMARTS) is 1. The van der Waals surface area contributed by atoms with Crippen LogP contribution in [-0.2, 0) is 33.8 Å². The number of nitrogens with zero attached hydrogens (tertiary/aromatic N) is 4. The highest BCUT2D eigenvalue weighted by molar-refractivity contribution is 6.04. The first-order chi connectivity index (χ1) is 34.0. The number of nitrogens with one attached hydrogen (secondary N) is 2. The Balaban J connectivity index is 0.000000267. The standard InChI is InChI=1S/2C25H29N3O8/c1-13-7-17-18(8-14(13)2)28(11-19(30)23(33)20(31)12-29)25(35)22(27-17)24(34)26-16-6-4-5-15(9-16)10-21(32)36-3;1-12-7-17-18(8-13(12)2)28(10-19(30)22(32)20(31)11-29)24(34)21(27-17)23(33)26-16-6-4-5-15(9-16)14(3)25(35)36/h4-9,19-20,23,29-31,33H,10-12H2,1-3H3,(H,26,34);4-9,14,19-20,22,29-32H,10-11H2,1-3H3,(H,26,33)(H,35,36)/t19-,20+,23-;14?,19-,20+,22-/m00/s1. The summed E-state index contributed by atoms with van der Waals surface area (Å²) in [6, 6.07) is 19.4. The van der Waals surface area contributed by atoms with Crippen LogP contribution in [0.5, 0.6) is 0 Å². The van der Waals surface area contributed by atoms with E-state index in [0.717, 1.165) is 31.4 Å². The Morgan fingerprint density at radius 1 is 0.611 bits per heavy atom. The lowest BCUT2D eigenvalue weighted by molar-refractivity contribution is -0.140. The largest absolute Gasteiger partial charge is 0.481 e. The number of hydrogen-bond donors (Lipinski definition) is 11. The van der Waals surface area contributed by atoms with Crippen molar-refractivity contribution in [2.45, 2.75) is 96.7 Å². The van der Waals surface area contributed by atoms with E-state index >= 15 is 0 Å². The molecule has 7 atom stereocenters. The van der Waals surface area contributed by atoms with Crippen LogP contribution in [0.3, 0.4) is 0 Å². The summed E-state index contributed by atoms with van der Waals surface area (Å²) in [5, 5.41) is 92.9. The molecule has 11 N–H and O–H groups in total. The van der Waals surface area contributed by atoms with Crippen molar-refractivity contribution in [3.63, 3.8) is 0 Å². The van der Waals surface area contributed by atoms with Gasteiger partial charge in [-0.3, -0.25) is 28.8 Å². The second kappa shape index (κ2) is 24.2. The molecule has 0 radical (unpaired) electrons. The number of benzene rings is 4. The Morgan fingerprint density at radius 3 is 1.44 bits per heavy atom. The Hall–Kier alpha value is -7.28. The number of amides is 2. The summed E-state index contributed by atoms with van der Waals surface area (Å²) in [6.07, 6.45) is -9.98. The van der Waals surface area contributed by atoms with Crippen LogP contribution in [0.2, 0.25) is 0 Å². The fourth-order valence-corrected chi connectivity index (χ4v) is 7.38. The van der Waals surface area contributed by atoms with Crippen molar-refractivity contribution in [2.75, 3.05) is 31.0 Å². The predicted octanol–water partition coefficient (Wildman–Crippen LogP) is 0.585. The molecule has 6 aromatic rings. The van der Waals surface area contributed by atoms with E-state index in [1.807, 2.05) is 27.7 Å². The molecular weight excluding hydrogens is 941 g/mol. The number of esters is 1. The van der Waals surface area contributed by atoms with Crippen molar-refractivity contribution in [3.8, 4) is 0 Å². The lowest BCUT2D eigenvalue weighted by atomic mass is 10.0. The molecule has 4 aromatic carbocycles. The zero-order valence-corrected chi connectivity index (χ0v) is 40.2. The molecule has 0 fully saturated rings. The summed E-state index contributed by atoms with van der Waals surface area (Å²) >= 11 is 0. The minimum atomic E-state index is -1.74. The lowest BCUT2D eigenvalue weighted by Gasteiger charge is -2.23. The number of aliphatic carboxylic acids is 1. The average Bonchev–Trinajstić information content (AvgIpc) is 3.35. The summed E-state index contributed by atoms with van der Waals surface area (Å²) < 4.78 is 6.85. The van der Waals surface area contributed by atoms with E-state index in [0.29, 0.717) is 38.9 Å². The quantitative estimate of drug-likeness (QED) is 0.0525. The van der Waals surface area contributed by atoms with Gasteiger partial charge in [-0.05, 0) is 117 Å². The van der Waals surface area contributed by atoms with E-state index in [4.69, 9.17) is 10.2 Å². The van der Waals surface area contributed by atoms with Crippen LogP contribution in [0.15, 0.2) is 82.4 Å². The van der Waals surface area contributed by atoms with Crippen LogP contribution in [0, 0.1) is 27.7 Å². The molecule has 0 aliphatic carbocycles. The third kappa shape index (κ3) is 13.2. The number of carbonyl (C=O) groups excluding carboxylic acids is 3. The number of aryl methyl sites for hydroxylation is 4. The topological polar surface area (TPSA) is 353 Å². The Morgan fingerprint density at radius 2 is 1.03 bits per heavy atom. The number of carboxylic acids is 1. The zero-order chi connectivity index (χ0) is 53.3. The molecule has 6 rings (SSSR count). The highest BCUT2D eigenvalue weighted by Crippen LogP contribution is 2.23. The molecule has 22 heteroatoms. The average molecular weight is 999 g/mol. The van der Waals surface area contributed by atoms with Gasteiger partial charge in [0.05, 0.1) is 67.8 Å². The maximum Gasteiger partial charge on any atom is 0.310 e. The SMILES string of the molecule is COC(=O)Cc1cccc(NC(=O)c2nc3cc(C)c(C)cc3n(C[C@H](O)[C@H](O)[C@H](O)CO)c2=O)c1.Cc1cc2nc(C(=O)Nc3cccc(C(C)C(=O)O)c3)c(=O)n(C[C@H](O)[C@H](O)[C@H](O)CO)c2cc1C. The van der Waals surface area contributed by atoms with Gasteiger partial charge in [0.2, 0.25) is 0 Å². The maximum atomic E-state index is 13.3. The smallest absolute Gasteiger partial charge is 0.310 e. The van der Waals surface area contributed by atoms with Gasteiger partial charge in [-0.15, -0.1) is 0 Å². The van der Waals surface area contributed by atoms with Gasteiger partial charge in [0.25, 0.3) is 22.9 Å². The molecule has 0 aliphatic rings. The Kier molecular flexibility index (Phi) is 18.7. The van der Waals surface area contributed by atoms with Gasteiger partial charge >= 0.3 is 11.9 Å². The monoisotopic (exact) mass is 998 g/mol. The van der Waals surface area contributed by atoms with Crippen molar-refractivity contribution in [2.24, 2.45) is 0 Å². The van der Waals surface area contributed by atoms with Crippen LogP contribution >= 0.6 is 0 Å². The molecule has 72 heavy (non-hydrogen) atoms. The number of aliphatic hydroxyl groups excluding tert-OH is 8. The summed E-state index contributed by atoms with van der Waals surface area (Å²) in [7, 11) is 1.27. The van der Waals surface area contributed by atoms with Crippen molar-refractivity contribution < 1.29 is 69.9 Å². The van der Waals surface area contributed by atoms with Crippen LogP contribution in [0.25, 0.3) is 22.1 Å². The van der Waals surface area contributed by atoms with Crippen molar-refractivity contribution in [3.05, 3.63) is 138 Å². The Labute approximate surface area is 411 Å². The molecule has 0 aliphatic heterocycles. The number of hydrogen-bond acceptors (Lipinski definition) is 17. The fraction of sp³-hybridized carbons (Fsp3) is 0.360. The predicted molar refractivity (Wildman–Crippen MR) is 262 cm³/mol. The normalized spacial score (nSPS) is 14.2. The number of anilines is 2. The number of methoxy groups -OCH3 is 1. The molecule has 384 valence electrons. The second-order valence-electron chi connectivity index (χ2n) is 17.3. The number of aliphatic hydroxyl groups is 8. The highest BCUT2D eigenvalue weighted by Gasteiger charge is 2.29. The van der Waals surface area contributed by atoms with Gasteiger partial charge in [0.1, 0.15) is 36.6 Å². The number of fused-ring (bicyclic) bond motifs is 2. The molecule has 0 bridgehead atoms. The molecule has 2 amide bonds. The maximum absolute atomic E-state index is 13.3. The van der Waals surface area contributed by atoms with Gasteiger partial charge in [-0.1, -0.05) is 24.3 Å². The van der Waals surface area contributed by atoms with E-state index in [1.54, 1.807) is 66.7 Å². The first-order valence-corrected chi connectivity index (χ1v) is 22.4. The molecule has 2 heterocycles. The van der Waals surface area contributed by atoms with Crippen molar-refractivity contribution in [1.29, 1.82) is 0 Å². The van der Waals surface area contributed by atoms with Gasteiger partial charge in [-0.25, -0.2) is 9.97 Å². The number of ether oxygens (including phenoxy) is 1. The summed E-state index contributed by atoms with van der Waals surface area (Å²) in [5.41, 5.74) is 3.64. The van der Waals surface area contributed by atoms with E-state index in [-0.39, 0.29) is 12.1 Å². The number of carbonyl (C=O) groups is 4. The number of aromatic nitrogens is 4.